The number of ether oxygens (including phenoxy) is 2. The molecule has 23 heavy (non-hydrogen) atoms. The Labute approximate surface area is 141 Å². The molecule has 0 aliphatic carbocycles. The van der Waals surface area contributed by atoms with Gasteiger partial charge in [0.15, 0.2) is 11.5 Å². The topological polar surface area (TPSA) is 85.0 Å². The quantitative estimate of drug-likeness (QED) is 0.680. The molecule has 0 bridgehead atoms. The van der Waals surface area contributed by atoms with Gasteiger partial charge in [-0.1, -0.05) is 22.8 Å². The first-order chi connectivity index (χ1) is 11.3. The Bertz CT molecular complexity index is 749. The van der Waals surface area contributed by atoms with Gasteiger partial charge in [-0.15, -0.1) is 16.4 Å². The zero-order valence-corrected chi connectivity index (χ0v) is 13.8. The average molecular weight is 352 g/mol. The van der Waals surface area contributed by atoms with Gasteiger partial charge < -0.3 is 14.8 Å². The molecule has 1 aromatic carbocycles. The van der Waals surface area contributed by atoms with E-state index in [0.717, 1.165) is 10.4 Å². The van der Waals surface area contributed by atoms with Gasteiger partial charge >= 0.3 is 0 Å². The third-order valence-electron chi connectivity index (χ3n) is 3.02. The fourth-order valence-corrected chi connectivity index (χ4v) is 2.88. The van der Waals surface area contributed by atoms with Crippen LogP contribution in [0.4, 0.5) is 5.95 Å². The lowest BCUT2D eigenvalue weighted by molar-refractivity contribution is 0.287. The second-order valence-corrected chi connectivity index (χ2v) is 6.01. The highest BCUT2D eigenvalue weighted by molar-refractivity contribution is 7.09. The molecule has 0 aliphatic rings. The van der Waals surface area contributed by atoms with E-state index in [1.807, 2.05) is 29.6 Å². The number of hydrogen-bond acceptors (Lipinski definition) is 7. The molecule has 0 radical (unpaired) electrons. The van der Waals surface area contributed by atoms with E-state index < -0.39 is 0 Å². The van der Waals surface area contributed by atoms with E-state index in [1.54, 1.807) is 18.4 Å². The molecule has 0 spiro atoms. The standard InChI is InChI=1S/C14H14ClN5O2S/c1-21-12-6-9(7-16-14-17-19-20-18-14)5-11(15)13(12)22-8-10-3-2-4-23-10/h2-6H,7-8H2,1H3,(H2,16,17,18,19,20). The average Bonchev–Trinajstić information content (AvgIpc) is 3.24. The second-order valence-electron chi connectivity index (χ2n) is 4.57. The van der Waals surface area contributed by atoms with Crippen molar-refractivity contribution < 1.29 is 9.47 Å². The van der Waals surface area contributed by atoms with Crippen LogP contribution in [0.15, 0.2) is 29.6 Å². The van der Waals surface area contributed by atoms with Crippen LogP contribution in [0, 0.1) is 0 Å². The molecule has 0 saturated heterocycles. The zero-order chi connectivity index (χ0) is 16.1. The third kappa shape index (κ3) is 3.91. The number of aromatic nitrogens is 4. The number of nitrogens with zero attached hydrogens (tertiary/aromatic N) is 3. The largest absolute Gasteiger partial charge is 0.493 e. The summed E-state index contributed by atoms with van der Waals surface area (Å²) in [6, 6.07) is 7.67. The third-order valence-corrected chi connectivity index (χ3v) is 4.15. The molecule has 7 nitrogen and oxygen atoms in total. The Kier molecular flexibility index (Phi) is 4.94. The number of hydrogen-bond donors (Lipinski definition) is 2. The van der Waals surface area contributed by atoms with Crippen molar-refractivity contribution in [1.82, 2.24) is 20.6 Å². The van der Waals surface area contributed by atoms with Gasteiger partial charge in [-0.3, -0.25) is 0 Å². The molecule has 2 heterocycles. The van der Waals surface area contributed by atoms with Crippen molar-refractivity contribution in [2.24, 2.45) is 0 Å². The zero-order valence-electron chi connectivity index (χ0n) is 12.2. The maximum atomic E-state index is 6.33. The number of aromatic amines is 1. The van der Waals surface area contributed by atoms with Gasteiger partial charge in [0, 0.05) is 11.4 Å². The van der Waals surface area contributed by atoms with Crippen LogP contribution in [0.5, 0.6) is 11.5 Å². The van der Waals surface area contributed by atoms with Gasteiger partial charge in [-0.05, 0) is 34.4 Å². The Balaban J connectivity index is 1.72. The van der Waals surface area contributed by atoms with Crippen LogP contribution in [0.25, 0.3) is 0 Å². The minimum absolute atomic E-state index is 0.415. The molecule has 3 aromatic rings. The maximum absolute atomic E-state index is 6.33. The van der Waals surface area contributed by atoms with Crippen LogP contribution in [-0.4, -0.2) is 27.7 Å². The van der Waals surface area contributed by atoms with Gasteiger partial charge in [0.05, 0.1) is 12.1 Å². The van der Waals surface area contributed by atoms with E-state index in [1.165, 1.54) is 0 Å². The molecule has 0 fully saturated rings. The molecular weight excluding hydrogens is 338 g/mol. The van der Waals surface area contributed by atoms with Crippen LogP contribution < -0.4 is 14.8 Å². The van der Waals surface area contributed by atoms with E-state index in [9.17, 15) is 0 Å². The highest BCUT2D eigenvalue weighted by Gasteiger charge is 2.13. The molecule has 0 amide bonds. The number of thiophene rings is 1. The lowest BCUT2D eigenvalue weighted by Crippen LogP contribution is -2.03. The first-order valence-electron chi connectivity index (χ1n) is 6.75. The summed E-state index contributed by atoms with van der Waals surface area (Å²) in [6.45, 7) is 0.940. The number of benzene rings is 1. The van der Waals surface area contributed by atoms with Gasteiger partial charge in [0.2, 0.25) is 0 Å². The smallest absolute Gasteiger partial charge is 0.263 e. The second kappa shape index (κ2) is 7.30. The molecule has 2 N–H and O–H groups in total. The molecule has 0 atom stereocenters. The first-order valence-corrected chi connectivity index (χ1v) is 8.01. The summed E-state index contributed by atoms with van der Waals surface area (Å²) in [7, 11) is 1.58. The van der Waals surface area contributed by atoms with Crippen LogP contribution in [0.1, 0.15) is 10.4 Å². The lowest BCUT2D eigenvalue weighted by Gasteiger charge is -2.14. The van der Waals surface area contributed by atoms with Gasteiger partial charge in [0.25, 0.3) is 5.95 Å². The monoisotopic (exact) mass is 351 g/mol. The summed E-state index contributed by atoms with van der Waals surface area (Å²) < 4.78 is 11.2. The minimum atomic E-state index is 0.415. The predicted octanol–water partition coefficient (Wildman–Crippen LogP) is 3.11. The van der Waals surface area contributed by atoms with Crippen molar-refractivity contribution in [3.8, 4) is 11.5 Å². The van der Waals surface area contributed by atoms with Crippen molar-refractivity contribution >= 4 is 28.9 Å². The number of methoxy groups -OCH3 is 1. The normalized spacial score (nSPS) is 10.5. The molecule has 120 valence electrons. The van der Waals surface area contributed by atoms with Crippen molar-refractivity contribution in [1.29, 1.82) is 0 Å². The first kappa shape index (κ1) is 15.6. The summed E-state index contributed by atoms with van der Waals surface area (Å²) >= 11 is 7.96. The number of tetrazole rings is 1. The van der Waals surface area contributed by atoms with E-state index >= 15 is 0 Å². The minimum Gasteiger partial charge on any atom is -0.493 e. The van der Waals surface area contributed by atoms with E-state index in [2.05, 4.69) is 25.9 Å². The molecular formula is C14H14ClN5O2S. The number of nitrogens with one attached hydrogen (secondary N) is 2. The molecule has 9 heteroatoms. The molecule has 0 unspecified atom stereocenters. The van der Waals surface area contributed by atoms with E-state index in [-0.39, 0.29) is 0 Å². The summed E-state index contributed by atoms with van der Waals surface area (Å²) in [5.41, 5.74) is 0.917. The summed E-state index contributed by atoms with van der Waals surface area (Å²) in [4.78, 5) is 1.12. The molecule has 3 rings (SSSR count). The van der Waals surface area contributed by atoms with Crippen molar-refractivity contribution in [2.75, 3.05) is 12.4 Å². The maximum Gasteiger partial charge on any atom is 0.263 e. The Morgan fingerprint density at radius 2 is 2.30 bits per heavy atom. The summed E-state index contributed by atoms with van der Waals surface area (Å²) in [6.07, 6.45) is 0. The summed E-state index contributed by atoms with van der Waals surface area (Å²) in [5.74, 6) is 1.53. The number of H-pyrrole nitrogens is 1. The fraction of sp³-hybridized carbons (Fsp3) is 0.214. The number of rotatable bonds is 7. The summed E-state index contributed by atoms with van der Waals surface area (Å²) in [5, 5.41) is 19.0. The van der Waals surface area contributed by atoms with Crippen LogP contribution in [0.2, 0.25) is 5.02 Å². The van der Waals surface area contributed by atoms with Gasteiger partial charge in [-0.2, -0.15) is 5.21 Å². The lowest BCUT2D eigenvalue weighted by atomic mass is 10.2. The van der Waals surface area contributed by atoms with Crippen molar-refractivity contribution in [3.63, 3.8) is 0 Å². The van der Waals surface area contributed by atoms with Gasteiger partial charge in [0.1, 0.15) is 6.61 Å². The Hall–Kier alpha value is -2.32. The molecule has 0 saturated carbocycles. The number of anilines is 1. The Morgan fingerprint density at radius 3 is 3.00 bits per heavy atom. The highest BCUT2D eigenvalue weighted by Crippen LogP contribution is 2.37. The van der Waals surface area contributed by atoms with Crippen LogP contribution in [0.3, 0.4) is 0 Å². The highest BCUT2D eigenvalue weighted by atomic mass is 35.5. The SMILES string of the molecule is COc1cc(CNc2nn[nH]n2)cc(Cl)c1OCc1cccs1. The number of halogens is 1. The van der Waals surface area contributed by atoms with Crippen molar-refractivity contribution in [3.05, 3.63) is 45.1 Å². The fourth-order valence-electron chi connectivity index (χ4n) is 1.97. The van der Waals surface area contributed by atoms with Crippen LogP contribution >= 0.6 is 22.9 Å². The van der Waals surface area contributed by atoms with Crippen LogP contribution in [-0.2, 0) is 13.2 Å². The molecule has 0 aliphatic heterocycles. The molecule has 2 aromatic heterocycles. The Morgan fingerprint density at radius 1 is 1.39 bits per heavy atom. The van der Waals surface area contributed by atoms with Crippen molar-refractivity contribution in [2.45, 2.75) is 13.2 Å². The predicted molar refractivity (Wildman–Crippen MR) is 88.2 cm³/mol. The van der Waals surface area contributed by atoms with E-state index in [0.29, 0.717) is 35.6 Å². The van der Waals surface area contributed by atoms with E-state index in [4.69, 9.17) is 21.1 Å². The van der Waals surface area contributed by atoms with Gasteiger partial charge in [-0.25, -0.2) is 0 Å².